The topological polar surface area (TPSA) is 89.7 Å². The van der Waals surface area contributed by atoms with E-state index in [1.165, 1.54) is 51.4 Å². The fourth-order valence-corrected chi connectivity index (χ4v) is 3.96. The molecule has 0 atom stereocenters. The van der Waals surface area contributed by atoms with Gasteiger partial charge in [-0.15, -0.1) is 0 Å². The lowest BCUT2D eigenvalue weighted by Gasteiger charge is -2.12. The zero-order valence-electron chi connectivity index (χ0n) is 16.3. The maximum absolute atomic E-state index is 14.3. The number of halogens is 2. The number of aromatic nitrogens is 1. The van der Waals surface area contributed by atoms with Crippen molar-refractivity contribution in [2.75, 3.05) is 14.1 Å². The number of esters is 1. The summed E-state index contributed by atoms with van der Waals surface area (Å²) < 4.78 is 50.3. The van der Waals surface area contributed by atoms with Gasteiger partial charge in [0.05, 0.1) is 15.5 Å². The summed E-state index contributed by atoms with van der Waals surface area (Å²) in [6.45, 7) is 1.29. The molecule has 10 heteroatoms. The molecule has 0 aliphatic heterocycles. The highest BCUT2D eigenvalue weighted by Gasteiger charge is 2.26. The van der Waals surface area contributed by atoms with Crippen LogP contribution in [0.1, 0.15) is 21.7 Å². The fourth-order valence-electron chi connectivity index (χ4n) is 2.73. The molecule has 0 spiro atoms. The Bertz CT molecular complexity index is 1190. The summed E-state index contributed by atoms with van der Waals surface area (Å²) in [4.78, 5) is 12.8. The SMILES string of the molecule is Cc1onc(-c2c(F)cccc2Cl)c1C(=O)OCc1cccc(S(=O)(=O)N(C)C)c1. The van der Waals surface area contributed by atoms with Crippen LogP contribution in [-0.4, -0.2) is 37.9 Å². The summed E-state index contributed by atoms with van der Waals surface area (Å²) in [5.74, 6) is -1.33. The minimum atomic E-state index is -3.63. The predicted octanol–water partition coefficient (Wildman–Crippen LogP) is 4.05. The number of benzene rings is 2. The summed E-state index contributed by atoms with van der Waals surface area (Å²) >= 11 is 6.07. The van der Waals surface area contributed by atoms with E-state index in [9.17, 15) is 17.6 Å². The average molecular weight is 453 g/mol. The molecule has 0 saturated heterocycles. The summed E-state index contributed by atoms with van der Waals surface area (Å²) in [6, 6.07) is 10.1. The van der Waals surface area contributed by atoms with Gasteiger partial charge in [0.2, 0.25) is 10.0 Å². The first-order valence-electron chi connectivity index (χ1n) is 8.72. The van der Waals surface area contributed by atoms with Gasteiger partial charge >= 0.3 is 5.97 Å². The Morgan fingerprint density at radius 3 is 2.60 bits per heavy atom. The molecular weight excluding hydrogens is 435 g/mol. The highest BCUT2D eigenvalue weighted by Crippen LogP contribution is 2.33. The van der Waals surface area contributed by atoms with Gasteiger partial charge in [-0.05, 0) is 36.8 Å². The van der Waals surface area contributed by atoms with E-state index < -0.39 is 21.8 Å². The van der Waals surface area contributed by atoms with E-state index in [0.717, 1.165) is 4.31 Å². The normalized spacial score (nSPS) is 11.7. The molecule has 0 N–H and O–H groups in total. The summed E-state index contributed by atoms with van der Waals surface area (Å²) in [5, 5.41) is 3.83. The van der Waals surface area contributed by atoms with E-state index in [1.54, 1.807) is 12.1 Å². The minimum absolute atomic E-state index is 0.0564. The van der Waals surface area contributed by atoms with Crippen LogP contribution in [-0.2, 0) is 21.4 Å². The van der Waals surface area contributed by atoms with Crippen LogP contribution in [0, 0.1) is 12.7 Å². The number of hydrogen-bond donors (Lipinski definition) is 0. The van der Waals surface area contributed by atoms with Crippen LogP contribution < -0.4 is 0 Å². The van der Waals surface area contributed by atoms with Gasteiger partial charge in [-0.1, -0.05) is 35.0 Å². The average Bonchev–Trinajstić information content (AvgIpc) is 3.07. The lowest BCUT2D eigenvalue weighted by atomic mass is 10.1. The third-order valence-corrected chi connectivity index (χ3v) is 6.44. The van der Waals surface area contributed by atoms with E-state index in [4.69, 9.17) is 20.9 Å². The fraction of sp³-hybridized carbons (Fsp3) is 0.200. The molecule has 0 aliphatic rings. The van der Waals surface area contributed by atoms with Crippen LogP contribution in [0.25, 0.3) is 11.3 Å². The van der Waals surface area contributed by atoms with Crippen molar-refractivity contribution in [1.29, 1.82) is 0 Å². The van der Waals surface area contributed by atoms with Crippen molar-refractivity contribution in [3.8, 4) is 11.3 Å². The molecule has 0 fully saturated rings. The van der Waals surface area contributed by atoms with Gasteiger partial charge in [-0.25, -0.2) is 21.9 Å². The molecule has 0 radical (unpaired) electrons. The van der Waals surface area contributed by atoms with Gasteiger partial charge in [0.25, 0.3) is 0 Å². The summed E-state index contributed by atoms with van der Waals surface area (Å²) in [5.41, 5.74) is 0.275. The Morgan fingerprint density at radius 2 is 1.93 bits per heavy atom. The zero-order valence-corrected chi connectivity index (χ0v) is 17.9. The molecular formula is C20H18ClFN2O5S. The number of carbonyl (C=O) groups excluding carboxylic acids is 1. The standard InChI is InChI=1S/C20H18ClFN2O5S/c1-12-17(19(23-29-12)18-15(21)8-5-9-16(18)22)20(25)28-11-13-6-4-7-14(10-13)30(26,27)24(2)3/h4-10H,11H2,1-3H3. The molecule has 158 valence electrons. The molecule has 3 rings (SSSR count). The number of aryl methyl sites for hydroxylation is 1. The van der Waals surface area contributed by atoms with E-state index in [0.29, 0.717) is 5.56 Å². The van der Waals surface area contributed by atoms with E-state index in [2.05, 4.69) is 5.16 Å². The maximum Gasteiger partial charge on any atom is 0.344 e. The van der Waals surface area contributed by atoms with E-state index in [-0.39, 0.29) is 39.1 Å². The van der Waals surface area contributed by atoms with Crippen molar-refractivity contribution in [1.82, 2.24) is 9.46 Å². The van der Waals surface area contributed by atoms with Crippen molar-refractivity contribution in [3.63, 3.8) is 0 Å². The van der Waals surface area contributed by atoms with Crippen molar-refractivity contribution < 1.29 is 26.9 Å². The van der Waals surface area contributed by atoms with Crippen LogP contribution >= 0.6 is 11.6 Å². The zero-order chi connectivity index (χ0) is 22.1. The van der Waals surface area contributed by atoms with Crippen LogP contribution in [0.5, 0.6) is 0 Å². The molecule has 7 nitrogen and oxygen atoms in total. The van der Waals surface area contributed by atoms with Crippen molar-refractivity contribution in [2.45, 2.75) is 18.4 Å². The van der Waals surface area contributed by atoms with Crippen LogP contribution in [0.3, 0.4) is 0 Å². The predicted molar refractivity (Wildman–Crippen MR) is 108 cm³/mol. The van der Waals surface area contributed by atoms with Gasteiger partial charge in [0, 0.05) is 14.1 Å². The van der Waals surface area contributed by atoms with Gasteiger partial charge in [-0.3, -0.25) is 0 Å². The second kappa shape index (κ2) is 8.55. The first-order valence-corrected chi connectivity index (χ1v) is 10.5. The highest BCUT2D eigenvalue weighted by molar-refractivity contribution is 7.89. The van der Waals surface area contributed by atoms with Gasteiger partial charge in [-0.2, -0.15) is 0 Å². The Labute approximate surface area is 178 Å². The number of ether oxygens (including phenoxy) is 1. The summed E-state index contributed by atoms with van der Waals surface area (Å²) in [7, 11) is -0.783. The maximum atomic E-state index is 14.3. The molecule has 1 heterocycles. The number of sulfonamides is 1. The minimum Gasteiger partial charge on any atom is -0.457 e. The first kappa shape index (κ1) is 21.9. The van der Waals surface area contributed by atoms with Crippen molar-refractivity contribution >= 4 is 27.6 Å². The van der Waals surface area contributed by atoms with Crippen LogP contribution in [0.15, 0.2) is 51.9 Å². The van der Waals surface area contributed by atoms with Crippen LogP contribution in [0.2, 0.25) is 5.02 Å². The molecule has 0 saturated carbocycles. The molecule has 0 unspecified atom stereocenters. The Kier molecular flexibility index (Phi) is 6.25. The lowest BCUT2D eigenvalue weighted by molar-refractivity contribution is 0.0471. The Morgan fingerprint density at radius 1 is 1.23 bits per heavy atom. The molecule has 0 aliphatic carbocycles. The number of rotatable bonds is 6. The molecule has 0 bridgehead atoms. The van der Waals surface area contributed by atoms with Crippen LogP contribution in [0.4, 0.5) is 4.39 Å². The Hall–Kier alpha value is -2.75. The van der Waals surface area contributed by atoms with Crippen molar-refractivity contribution in [2.24, 2.45) is 0 Å². The quantitative estimate of drug-likeness (QED) is 0.524. The molecule has 2 aromatic carbocycles. The second-order valence-corrected chi connectivity index (χ2v) is 9.13. The smallest absolute Gasteiger partial charge is 0.344 e. The monoisotopic (exact) mass is 452 g/mol. The van der Waals surface area contributed by atoms with E-state index >= 15 is 0 Å². The summed E-state index contributed by atoms with van der Waals surface area (Å²) in [6.07, 6.45) is 0. The highest BCUT2D eigenvalue weighted by atomic mass is 35.5. The van der Waals surface area contributed by atoms with E-state index in [1.807, 2.05) is 0 Å². The van der Waals surface area contributed by atoms with Crippen molar-refractivity contribution in [3.05, 3.63) is 70.2 Å². The van der Waals surface area contributed by atoms with Gasteiger partial charge < -0.3 is 9.26 Å². The number of carbonyl (C=O) groups is 1. The molecule has 30 heavy (non-hydrogen) atoms. The van der Waals surface area contributed by atoms with Gasteiger partial charge in [0.15, 0.2) is 0 Å². The number of hydrogen-bond acceptors (Lipinski definition) is 6. The second-order valence-electron chi connectivity index (χ2n) is 6.57. The third-order valence-electron chi connectivity index (χ3n) is 4.31. The van der Waals surface area contributed by atoms with Gasteiger partial charge in [0.1, 0.15) is 29.4 Å². The first-order chi connectivity index (χ1) is 14.1. The molecule has 1 aromatic heterocycles. The lowest BCUT2D eigenvalue weighted by Crippen LogP contribution is -2.22. The number of nitrogens with zero attached hydrogens (tertiary/aromatic N) is 2. The Balaban J connectivity index is 1.87. The molecule has 3 aromatic rings. The molecule has 0 amide bonds. The largest absolute Gasteiger partial charge is 0.457 e. The third kappa shape index (κ3) is 4.23.